The average Bonchev–Trinajstić information content (AvgIpc) is 1.69. The van der Waals surface area contributed by atoms with Crippen molar-refractivity contribution < 1.29 is 0 Å². The van der Waals surface area contributed by atoms with E-state index >= 15 is 0 Å². The molecule has 0 fully saturated rings. The first-order chi connectivity index (χ1) is 3.41. The van der Waals surface area contributed by atoms with E-state index in [0.29, 0.717) is 6.54 Å². The van der Waals surface area contributed by atoms with E-state index in [1.165, 1.54) is 0 Å². The highest BCUT2D eigenvalue weighted by Gasteiger charge is 1.66. The monoisotopic (exact) mass is 212 g/mol. The highest BCUT2D eigenvalue weighted by atomic mass is 127. The molecule has 0 radical (unpaired) electrons. The minimum Gasteiger partial charge on any atom is -0.327 e. The van der Waals surface area contributed by atoms with Gasteiger partial charge >= 0.3 is 0 Å². The molecule has 7 heavy (non-hydrogen) atoms. The minimum atomic E-state index is 0.637. The van der Waals surface area contributed by atoms with Crippen molar-refractivity contribution in [3.8, 4) is 0 Å². The number of nitrogens with two attached hydrogens (primary N) is 1. The van der Waals surface area contributed by atoms with E-state index in [1.54, 1.807) is 0 Å². The van der Waals surface area contributed by atoms with Crippen molar-refractivity contribution in [1.82, 2.24) is 3.53 Å². The third kappa shape index (κ3) is 6.39. The van der Waals surface area contributed by atoms with E-state index < -0.39 is 0 Å². The summed E-state index contributed by atoms with van der Waals surface area (Å²) in [6.07, 6.45) is 3.91. The van der Waals surface area contributed by atoms with Crippen molar-refractivity contribution in [2.24, 2.45) is 5.73 Å². The fourth-order valence-electron chi connectivity index (χ4n) is 0.224. The first-order valence-electron chi connectivity index (χ1n) is 2.10. The lowest BCUT2D eigenvalue weighted by Crippen LogP contribution is -1.97. The van der Waals surface area contributed by atoms with Gasteiger partial charge in [-0.3, -0.25) is 3.53 Å². The van der Waals surface area contributed by atoms with E-state index in [9.17, 15) is 0 Å². The van der Waals surface area contributed by atoms with E-state index in [0.717, 1.165) is 6.54 Å². The molecule has 0 aliphatic rings. The van der Waals surface area contributed by atoms with E-state index in [4.69, 9.17) is 5.73 Å². The quantitative estimate of drug-likeness (QED) is 0.404. The van der Waals surface area contributed by atoms with Crippen LogP contribution in [-0.4, -0.2) is 13.1 Å². The topological polar surface area (TPSA) is 38.0 Å². The van der Waals surface area contributed by atoms with Crippen LogP contribution in [0, 0.1) is 0 Å². The summed E-state index contributed by atoms with van der Waals surface area (Å²) in [5.74, 6) is 0. The molecule has 3 heteroatoms. The smallest absolute Gasteiger partial charge is 0.0231 e. The molecular weight excluding hydrogens is 203 g/mol. The van der Waals surface area contributed by atoms with Crippen LogP contribution < -0.4 is 9.26 Å². The van der Waals surface area contributed by atoms with Gasteiger partial charge in [-0.05, 0) is 0 Å². The molecule has 0 spiro atoms. The summed E-state index contributed by atoms with van der Waals surface area (Å²) in [7, 11) is 0. The van der Waals surface area contributed by atoms with Crippen LogP contribution in [0.3, 0.4) is 0 Å². The molecule has 0 aliphatic carbocycles. The zero-order chi connectivity index (χ0) is 5.54. The van der Waals surface area contributed by atoms with Crippen molar-refractivity contribution in [2.45, 2.75) is 0 Å². The van der Waals surface area contributed by atoms with Crippen LogP contribution in [0.2, 0.25) is 0 Å². The summed E-state index contributed by atoms with van der Waals surface area (Å²) in [6.45, 7) is 1.54. The second-order valence-electron chi connectivity index (χ2n) is 1.04. The van der Waals surface area contributed by atoms with Gasteiger partial charge in [-0.15, -0.1) is 0 Å². The van der Waals surface area contributed by atoms with Crippen molar-refractivity contribution in [3.05, 3.63) is 12.2 Å². The summed E-state index contributed by atoms with van der Waals surface area (Å²) < 4.78 is 2.93. The molecule has 42 valence electrons. The fourth-order valence-corrected chi connectivity index (χ4v) is 0.478. The third-order valence-electron chi connectivity index (χ3n) is 0.498. The van der Waals surface area contributed by atoms with Gasteiger partial charge in [0.15, 0.2) is 0 Å². The van der Waals surface area contributed by atoms with Gasteiger partial charge in [0, 0.05) is 36.0 Å². The molecule has 0 heterocycles. The van der Waals surface area contributed by atoms with Gasteiger partial charge in [-0.2, -0.15) is 0 Å². The maximum atomic E-state index is 5.15. The van der Waals surface area contributed by atoms with E-state index in [2.05, 4.69) is 26.4 Å². The van der Waals surface area contributed by atoms with Gasteiger partial charge in [0.25, 0.3) is 0 Å². The molecule has 0 amide bonds. The summed E-state index contributed by atoms with van der Waals surface area (Å²) in [5, 5.41) is 0. The summed E-state index contributed by atoms with van der Waals surface area (Å²) in [6, 6.07) is 0. The predicted octanol–water partition coefficient (Wildman–Crippen LogP) is 0.441. The molecule has 0 rings (SSSR count). The largest absolute Gasteiger partial charge is 0.327 e. The number of hydrogen-bond donors (Lipinski definition) is 2. The molecule has 0 bridgehead atoms. The Bertz CT molecular complexity index is 53.7. The van der Waals surface area contributed by atoms with Crippen molar-refractivity contribution >= 4 is 22.9 Å². The normalized spacial score (nSPS) is 10.6. The van der Waals surface area contributed by atoms with Crippen molar-refractivity contribution in [3.63, 3.8) is 0 Å². The first kappa shape index (κ1) is 7.39. The number of hydrogen-bond acceptors (Lipinski definition) is 2. The van der Waals surface area contributed by atoms with Gasteiger partial charge in [0.2, 0.25) is 0 Å². The van der Waals surface area contributed by atoms with Crippen LogP contribution in [0.15, 0.2) is 12.2 Å². The molecule has 0 saturated carbocycles. The molecule has 0 aromatic heterocycles. The van der Waals surface area contributed by atoms with Crippen LogP contribution >= 0.6 is 22.9 Å². The van der Waals surface area contributed by atoms with Crippen LogP contribution in [0.4, 0.5) is 0 Å². The Morgan fingerprint density at radius 1 is 1.57 bits per heavy atom. The summed E-state index contributed by atoms with van der Waals surface area (Å²) >= 11 is 2.09. The number of halogens is 1. The van der Waals surface area contributed by atoms with Gasteiger partial charge in [0.1, 0.15) is 0 Å². The Balaban J connectivity index is 2.78. The van der Waals surface area contributed by atoms with Crippen LogP contribution in [0.1, 0.15) is 0 Å². The highest BCUT2D eigenvalue weighted by Crippen LogP contribution is 1.69. The number of nitrogens with one attached hydrogen (secondary N) is 1. The Morgan fingerprint density at radius 2 is 2.29 bits per heavy atom. The summed E-state index contributed by atoms with van der Waals surface area (Å²) in [5.41, 5.74) is 5.15. The first-order valence-corrected chi connectivity index (χ1v) is 3.18. The molecule has 0 saturated heterocycles. The molecule has 0 aromatic rings. The van der Waals surface area contributed by atoms with Gasteiger partial charge in [0.05, 0.1) is 0 Å². The second kappa shape index (κ2) is 6.39. The molecule has 3 N–H and O–H groups in total. The lowest BCUT2D eigenvalue weighted by atomic mass is 10.5. The molecule has 0 unspecified atom stereocenters. The molecule has 0 atom stereocenters. The lowest BCUT2D eigenvalue weighted by molar-refractivity contribution is 1.15. The SMILES string of the molecule is NC/C=C/CNI. The maximum absolute atomic E-state index is 5.15. The summed E-state index contributed by atoms with van der Waals surface area (Å²) in [4.78, 5) is 0. The Hall–Kier alpha value is 0.390. The van der Waals surface area contributed by atoms with Crippen molar-refractivity contribution in [2.75, 3.05) is 13.1 Å². The molecule has 0 aromatic carbocycles. The zero-order valence-corrected chi connectivity index (χ0v) is 6.18. The standard InChI is InChI=1S/C4H9IN2/c5-7-4-2-1-3-6/h1-2,7H,3-4,6H2/b2-1+. The third-order valence-corrected chi connectivity index (χ3v) is 0.938. The van der Waals surface area contributed by atoms with Crippen molar-refractivity contribution in [1.29, 1.82) is 0 Å². The van der Waals surface area contributed by atoms with Crippen LogP contribution in [-0.2, 0) is 0 Å². The highest BCUT2D eigenvalue weighted by molar-refractivity contribution is 14.1. The van der Waals surface area contributed by atoms with E-state index in [-0.39, 0.29) is 0 Å². The lowest BCUT2D eigenvalue weighted by Gasteiger charge is -1.82. The molecule has 0 aliphatic heterocycles. The molecule has 2 nitrogen and oxygen atoms in total. The Morgan fingerprint density at radius 3 is 2.71 bits per heavy atom. The van der Waals surface area contributed by atoms with Gasteiger partial charge in [-0.1, -0.05) is 12.2 Å². The molecular formula is C4H9IN2. The van der Waals surface area contributed by atoms with Crippen LogP contribution in [0.5, 0.6) is 0 Å². The second-order valence-corrected chi connectivity index (χ2v) is 1.81. The zero-order valence-electron chi connectivity index (χ0n) is 4.02. The van der Waals surface area contributed by atoms with Crippen LogP contribution in [0.25, 0.3) is 0 Å². The van der Waals surface area contributed by atoms with E-state index in [1.807, 2.05) is 12.2 Å². The Kier molecular flexibility index (Phi) is 6.75. The predicted molar refractivity (Wildman–Crippen MR) is 40.2 cm³/mol. The fraction of sp³-hybridized carbons (Fsp3) is 0.500. The maximum Gasteiger partial charge on any atom is 0.0231 e. The average molecular weight is 212 g/mol. The van der Waals surface area contributed by atoms with Gasteiger partial charge in [-0.25, -0.2) is 0 Å². The Labute approximate surface area is 57.7 Å². The van der Waals surface area contributed by atoms with Gasteiger partial charge < -0.3 is 5.73 Å². The minimum absolute atomic E-state index is 0.637. The number of rotatable bonds is 3.